The minimum absolute atomic E-state index is 0.0846. The maximum Gasteiger partial charge on any atom is 0.280 e. The van der Waals surface area contributed by atoms with Crippen LogP contribution in [0.15, 0.2) is 53.1 Å². The summed E-state index contributed by atoms with van der Waals surface area (Å²) in [6, 6.07) is 11.2. The van der Waals surface area contributed by atoms with Gasteiger partial charge in [0.15, 0.2) is 0 Å². The molecule has 0 amide bonds. The van der Waals surface area contributed by atoms with Crippen molar-refractivity contribution in [2.24, 2.45) is 5.10 Å². The molecule has 3 rings (SSSR count). The number of anilines is 1. The third-order valence-corrected chi connectivity index (χ3v) is 4.16. The van der Waals surface area contributed by atoms with E-state index in [-0.39, 0.29) is 5.69 Å². The van der Waals surface area contributed by atoms with Gasteiger partial charge in [-0.05, 0) is 19.1 Å². The third-order valence-electron chi connectivity index (χ3n) is 3.13. The van der Waals surface area contributed by atoms with Crippen molar-refractivity contribution in [3.63, 3.8) is 0 Å². The zero-order valence-electron chi connectivity index (χ0n) is 11.7. The van der Waals surface area contributed by atoms with Gasteiger partial charge in [-0.3, -0.25) is 20.5 Å². The average molecular weight is 312 g/mol. The molecule has 2 heterocycles. The Bertz CT molecular complexity index is 867. The Morgan fingerprint density at radius 1 is 1.36 bits per heavy atom. The highest BCUT2D eigenvalue weighted by Crippen LogP contribution is 2.23. The van der Waals surface area contributed by atoms with Crippen molar-refractivity contribution in [1.82, 2.24) is 4.98 Å². The first-order chi connectivity index (χ1) is 10.6. The molecule has 0 aliphatic carbocycles. The van der Waals surface area contributed by atoms with Gasteiger partial charge < -0.3 is 0 Å². The summed E-state index contributed by atoms with van der Waals surface area (Å²) in [6.07, 6.45) is 1.73. The molecule has 0 spiro atoms. The van der Waals surface area contributed by atoms with Gasteiger partial charge in [-0.2, -0.15) is 5.10 Å². The molecule has 2 aromatic heterocycles. The van der Waals surface area contributed by atoms with E-state index in [9.17, 15) is 10.1 Å². The summed E-state index contributed by atoms with van der Waals surface area (Å²) in [6.45, 7) is 1.81. The summed E-state index contributed by atoms with van der Waals surface area (Å²) in [7, 11) is 0. The smallest absolute Gasteiger partial charge is 0.276 e. The van der Waals surface area contributed by atoms with Crippen molar-refractivity contribution in [2.45, 2.75) is 6.92 Å². The molecule has 0 saturated heterocycles. The standard InChI is InChI=1S/C15H12N4O2S/c1-10(14-8-12(9-22-14)19(20)21)17-18-13-6-2-4-11-5-3-7-16-15(11)13/h2-9,18H,1H3. The molecule has 7 heteroatoms. The lowest BCUT2D eigenvalue weighted by molar-refractivity contribution is -0.384. The molecule has 0 bridgehead atoms. The van der Waals surface area contributed by atoms with E-state index in [2.05, 4.69) is 15.5 Å². The lowest BCUT2D eigenvalue weighted by Crippen LogP contribution is -1.98. The molecule has 0 aliphatic heterocycles. The summed E-state index contributed by atoms with van der Waals surface area (Å²) in [5, 5.41) is 17.5. The topological polar surface area (TPSA) is 80.4 Å². The number of hydrogen-bond donors (Lipinski definition) is 1. The Morgan fingerprint density at radius 3 is 2.95 bits per heavy atom. The summed E-state index contributed by atoms with van der Waals surface area (Å²) < 4.78 is 0. The summed E-state index contributed by atoms with van der Waals surface area (Å²) in [5.74, 6) is 0. The number of aromatic nitrogens is 1. The van der Waals surface area contributed by atoms with Crippen molar-refractivity contribution < 1.29 is 4.92 Å². The van der Waals surface area contributed by atoms with Crippen LogP contribution < -0.4 is 5.43 Å². The van der Waals surface area contributed by atoms with E-state index in [1.807, 2.05) is 30.3 Å². The monoisotopic (exact) mass is 312 g/mol. The molecule has 0 saturated carbocycles. The number of nitrogens with one attached hydrogen (secondary N) is 1. The minimum atomic E-state index is -0.407. The molecule has 0 aliphatic rings. The third kappa shape index (κ3) is 2.79. The Labute approximate surface area is 130 Å². The Balaban J connectivity index is 1.87. The van der Waals surface area contributed by atoms with Gasteiger partial charge in [0.1, 0.15) is 0 Å². The number of benzene rings is 1. The second kappa shape index (κ2) is 5.90. The second-order valence-electron chi connectivity index (χ2n) is 4.62. The van der Waals surface area contributed by atoms with Crippen LogP contribution in [0.1, 0.15) is 11.8 Å². The molecule has 0 radical (unpaired) electrons. The minimum Gasteiger partial charge on any atom is -0.276 e. The predicted molar refractivity (Wildman–Crippen MR) is 88.6 cm³/mol. The van der Waals surface area contributed by atoms with Crippen LogP contribution in [-0.2, 0) is 0 Å². The Morgan fingerprint density at radius 2 is 2.18 bits per heavy atom. The van der Waals surface area contributed by atoms with E-state index in [1.165, 1.54) is 22.8 Å². The molecule has 110 valence electrons. The fourth-order valence-corrected chi connectivity index (χ4v) is 2.81. The van der Waals surface area contributed by atoms with E-state index < -0.39 is 4.92 Å². The molecule has 0 unspecified atom stereocenters. The van der Waals surface area contributed by atoms with Gasteiger partial charge in [0.25, 0.3) is 5.69 Å². The fourth-order valence-electron chi connectivity index (χ4n) is 2.01. The van der Waals surface area contributed by atoms with E-state index in [0.29, 0.717) is 5.71 Å². The number of hydrogen-bond acceptors (Lipinski definition) is 6. The van der Waals surface area contributed by atoms with Crippen LogP contribution in [0.25, 0.3) is 10.9 Å². The zero-order chi connectivity index (χ0) is 15.5. The van der Waals surface area contributed by atoms with Crippen LogP contribution in [-0.4, -0.2) is 15.6 Å². The molecular weight excluding hydrogens is 300 g/mol. The van der Waals surface area contributed by atoms with Gasteiger partial charge in [-0.25, -0.2) is 0 Å². The molecular formula is C15H12N4O2S. The van der Waals surface area contributed by atoms with E-state index in [4.69, 9.17) is 0 Å². The normalized spacial score (nSPS) is 11.6. The van der Waals surface area contributed by atoms with E-state index in [1.54, 1.807) is 13.1 Å². The number of nitrogens with zero attached hydrogens (tertiary/aromatic N) is 3. The number of hydrazone groups is 1. The number of thiophene rings is 1. The van der Waals surface area contributed by atoms with Crippen LogP contribution in [0.3, 0.4) is 0 Å². The zero-order valence-corrected chi connectivity index (χ0v) is 12.5. The number of pyridine rings is 1. The quantitative estimate of drug-likeness (QED) is 0.448. The average Bonchev–Trinajstić information content (AvgIpc) is 3.03. The van der Waals surface area contributed by atoms with Crippen LogP contribution in [0.5, 0.6) is 0 Å². The molecule has 22 heavy (non-hydrogen) atoms. The highest BCUT2D eigenvalue weighted by molar-refractivity contribution is 7.12. The van der Waals surface area contributed by atoms with Gasteiger partial charge in [0.2, 0.25) is 0 Å². The maximum atomic E-state index is 10.7. The first kappa shape index (κ1) is 14.2. The molecule has 0 atom stereocenters. The molecule has 3 aromatic rings. The summed E-state index contributed by atoms with van der Waals surface area (Å²) >= 11 is 1.30. The number of fused-ring (bicyclic) bond motifs is 1. The number of nitro groups is 1. The molecule has 1 aromatic carbocycles. The highest BCUT2D eigenvalue weighted by Gasteiger charge is 2.11. The maximum absolute atomic E-state index is 10.7. The van der Waals surface area contributed by atoms with Crippen LogP contribution in [0, 0.1) is 10.1 Å². The van der Waals surface area contributed by atoms with Crippen molar-refractivity contribution in [3.8, 4) is 0 Å². The highest BCUT2D eigenvalue weighted by atomic mass is 32.1. The lowest BCUT2D eigenvalue weighted by atomic mass is 10.2. The van der Waals surface area contributed by atoms with Crippen LogP contribution >= 0.6 is 11.3 Å². The van der Waals surface area contributed by atoms with Gasteiger partial charge >= 0.3 is 0 Å². The summed E-state index contributed by atoms with van der Waals surface area (Å²) in [4.78, 5) is 15.4. The SMILES string of the molecule is CC(=NNc1cccc2cccnc12)c1cc([N+](=O)[O-])cs1. The molecule has 0 fully saturated rings. The second-order valence-corrected chi connectivity index (χ2v) is 5.53. The van der Waals surface area contributed by atoms with Gasteiger partial charge in [-0.15, -0.1) is 11.3 Å². The van der Waals surface area contributed by atoms with Gasteiger partial charge in [0.05, 0.1) is 32.1 Å². The van der Waals surface area contributed by atoms with E-state index >= 15 is 0 Å². The van der Waals surface area contributed by atoms with Crippen LogP contribution in [0.4, 0.5) is 11.4 Å². The van der Waals surface area contributed by atoms with E-state index in [0.717, 1.165) is 21.5 Å². The van der Waals surface area contributed by atoms with Crippen LogP contribution in [0.2, 0.25) is 0 Å². The molecule has 6 nitrogen and oxygen atoms in total. The number of rotatable bonds is 4. The predicted octanol–water partition coefficient (Wildman–Crippen LogP) is 4.04. The van der Waals surface area contributed by atoms with Crippen molar-refractivity contribution in [1.29, 1.82) is 0 Å². The first-order valence-corrected chi connectivity index (χ1v) is 7.40. The Kier molecular flexibility index (Phi) is 3.80. The van der Waals surface area contributed by atoms with Crippen molar-refractivity contribution >= 4 is 39.3 Å². The van der Waals surface area contributed by atoms with Crippen molar-refractivity contribution in [2.75, 3.05) is 5.43 Å². The number of para-hydroxylation sites is 1. The largest absolute Gasteiger partial charge is 0.280 e. The van der Waals surface area contributed by atoms with Gasteiger partial charge in [-0.1, -0.05) is 18.2 Å². The first-order valence-electron chi connectivity index (χ1n) is 6.52. The fraction of sp³-hybridized carbons (Fsp3) is 0.0667. The summed E-state index contributed by atoms with van der Waals surface area (Å²) in [5.41, 5.74) is 5.38. The van der Waals surface area contributed by atoms with Gasteiger partial charge in [0, 0.05) is 17.6 Å². The van der Waals surface area contributed by atoms with Crippen molar-refractivity contribution in [3.05, 3.63) is 63.0 Å². The molecule has 1 N–H and O–H groups in total. The lowest BCUT2D eigenvalue weighted by Gasteiger charge is -2.05. The Hall–Kier alpha value is -2.80.